The van der Waals surface area contributed by atoms with E-state index < -0.39 is 5.97 Å². The number of carbonyl (C=O) groups is 2. The number of rotatable bonds is 4. The molecular weight excluding hydrogens is 230 g/mol. The number of nitrogens with zero attached hydrogens (tertiary/aromatic N) is 1. The Bertz CT molecular complexity index is 521. The lowest BCUT2D eigenvalue weighted by Gasteiger charge is -2.03. The molecule has 0 spiro atoms. The van der Waals surface area contributed by atoms with Crippen molar-refractivity contribution >= 4 is 17.8 Å². The van der Waals surface area contributed by atoms with Gasteiger partial charge in [0.15, 0.2) is 5.78 Å². The third-order valence-corrected chi connectivity index (χ3v) is 2.23. The van der Waals surface area contributed by atoms with Gasteiger partial charge >= 0.3 is 5.97 Å². The third kappa shape index (κ3) is 3.56. The van der Waals surface area contributed by atoms with Crippen LogP contribution in [0.5, 0.6) is 0 Å². The Hall–Kier alpha value is -2.41. The van der Waals surface area contributed by atoms with Crippen molar-refractivity contribution in [1.82, 2.24) is 0 Å². The van der Waals surface area contributed by atoms with Gasteiger partial charge in [0.05, 0.1) is 18.2 Å². The second-order valence-electron chi connectivity index (χ2n) is 3.57. The van der Waals surface area contributed by atoms with Crippen LogP contribution in [-0.4, -0.2) is 18.4 Å². The predicted octanol–water partition coefficient (Wildman–Crippen LogP) is 2.09. The fraction of sp³-hybridized carbons (Fsp3) is 0.214. The summed E-state index contributed by atoms with van der Waals surface area (Å²) in [6, 6.07) is 8.57. The third-order valence-electron chi connectivity index (χ3n) is 2.23. The second-order valence-corrected chi connectivity index (χ2v) is 3.57. The normalized spacial score (nSPS) is 10.6. The molecule has 0 saturated carbocycles. The second kappa shape index (κ2) is 6.36. The van der Waals surface area contributed by atoms with E-state index in [0.29, 0.717) is 11.1 Å². The number of hydrogen-bond acceptors (Lipinski definition) is 4. The van der Waals surface area contributed by atoms with Crippen LogP contribution >= 0.6 is 0 Å². The zero-order valence-corrected chi connectivity index (χ0v) is 10.3. The maximum absolute atomic E-state index is 11.5. The Morgan fingerprint density at radius 1 is 1.33 bits per heavy atom. The molecule has 0 fully saturated rings. The maximum Gasteiger partial charge on any atom is 0.341 e. The van der Waals surface area contributed by atoms with Crippen molar-refractivity contribution in [2.45, 2.75) is 13.8 Å². The van der Waals surface area contributed by atoms with Gasteiger partial charge in [-0.3, -0.25) is 4.79 Å². The quantitative estimate of drug-likeness (QED) is 0.351. The molecule has 0 atom stereocenters. The smallest absolute Gasteiger partial charge is 0.341 e. The molecule has 0 saturated heterocycles. The molecule has 4 heteroatoms. The highest BCUT2D eigenvalue weighted by molar-refractivity contribution is 6.19. The first-order valence-electron chi connectivity index (χ1n) is 5.48. The average Bonchev–Trinajstić information content (AvgIpc) is 2.36. The van der Waals surface area contributed by atoms with Gasteiger partial charge in [-0.25, -0.2) is 4.79 Å². The Balaban J connectivity index is 3.05. The molecule has 1 aromatic rings. The lowest BCUT2D eigenvalue weighted by atomic mass is 10.1. The summed E-state index contributed by atoms with van der Waals surface area (Å²) >= 11 is 0. The zero-order valence-electron chi connectivity index (χ0n) is 10.3. The Labute approximate surface area is 105 Å². The van der Waals surface area contributed by atoms with Gasteiger partial charge in [-0.15, -0.1) is 0 Å². The van der Waals surface area contributed by atoms with Gasteiger partial charge in [0, 0.05) is 0 Å². The van der Waals surface area contributed by atoms with Crippen molar-refractivity contribution in [3.63, 3.8) is 0 Å². The van der Waals surface area contributed by atoms with E-state index in [1.54, 1.807) is 31.2 Å². The van der Waals surface area contributed by atoms with Crippen molar-refractivity contribution in [3.05, 3.63) is 41.0 Å². The molecule has 0 N–H and O–H groups in total. The van der Waals surface area contributed by atoms with Gasteiger partial charge in [0.2, 0.25) is 0 Å². The highest BCUT2D eigenvalue weighted by Crippen LogP contribution is 2.11. The van der Waals surface area contributed by atoms with E-state index in [1.807, 2.05) is 6.07 Å². The van der Waals surface area contributed by atoms with Crippen molar-refractivity contribution < 1.29 is 14.3 Å². The summed E-state index contributed by atoms with van der Waals surface area (Å²) in [6.07, 6.45) is 1.46. The van der Waals surface area contributed by atoms with Crippen LogP contribution in [0.1, 0.15) is 25.0 Å². The standard InChI is InChI=1S/C14H13NO3/c1-3-18-14(17)13(10(2)16)8-11-4-6-12(9-15)7-5-11/h4-8H,3H2,1-2H3/b13-8+. The molecule has 0 heterocycles. The summed E-state index contributed by atoms with van der Waals surface area (Å²) in [6.45, 7) is 3.21. The van der Waals surface area contributed by atoms with Crippen LogP contribution in [0.15, 0.2) is 29.8 Å². The molecule has 0 aliphatic heterocycles. The molecule has 0 aliphatic carbocycles. The van der Waals surface area contributed by atoms with E-state index in [2.05, 4.69) is 0 Å². The summed E-state index contributed by atoms with van der Waals surface area (Å²) in [5.74, 6) is -0.979. The molecular formula is C14H13NO3. The van der Waals surface area contributed by atoms with E-state index in [4.69, 9.17) is 10.00 Å². The molecule has 1 aromatic carbocycles. The lowest BCUT2D eigenvalue weighted by Crippen LogP contribution is -2.13. The minimum atomic E-state index is -0.630. The van der Waals surface area contributed by atoms with E-state index in [0.717, 1.165) is 0 Å². The summed E-state index contributed by atoms with van der Waals surface area (Å²) in [4.78, 5) is 22.9. The fourth-order valence-electron chi connectivity index (χ4n) is 1.33. The molecule has 18 heavy (non-hydrogen) atoms. The molecule has 1 rings (SSSR count). The molecule has 0 bridgehead atoms. The maximum atomic E-state index is 11.5. The number of hydrogen-bond donors (Lipinski definition) is 0. The van der Waals surface area contributed by atoms with Crippen LogP contribution in [0.25, 0.3) is 6.08 Å². The van der Waals surface area contributed by atoms with Crippen LogP contribution in [0.2, 0.25) is 0 Å². The van der Waals surface area contributed by atoms with Crippen LogP contribution < -0.4 is 0 Å². The minimum absolute atomic E-state index is 0.00144. The highest BCUT2D eigenvalue weighted by Gasteiger charge is 2.15. The molecule has 4 nitrogen and oxygen atoms in total. The topological polar surface area (TPSA) is 67.2 Å². The Kier molecular flexibility index (Phi) is 4.82. The summed E-state index contributed by atoms with van der Waals surface area (Å²) in [7, 11) is 0. The molecule has 0 radical (unpaired) electrons. The van der Waals surface area contributed by atoms with Crippen LogP contribution in [0.4, 0.5) is 0 Å². The van der Waals surface area contributed by atoms with Gasteiger partial charge in [-0.05, 0) is 37.6 Å². The van der Waals surface area contributed by atoms with Crippen molar-refractivity contribution in [3.8, 4) is 6.07 Å². The molecule has 0 unspecified atom stereocenters. The fourth-order valence-corrected chi connectivity index (χ4v) is 1.33. The summed E-state index contributed by atoms with van der Waals surface area (Å²) < 4.78 is 4.80. The first-order chi connectivity index (χ1) is 8.58. The van der Waals surface area contributed by atoms with E-state index in [1.165, 1.54) is 13.0 Å². The Morgan fingerprint density at radius 2 is 1.94 bits per heavy atom. The number of ether oxygens (including phenoxy) is 1. The Morgan fingerprint density at radius 3 is 2.39 bits per heavy atom. The van der Waals surface area contributed by atoms with Gasteiger partial charge in [0.1, 0.15) is 5.57 Å². The van der Waals surface area contributed by atoms with Crippen LogP contribution in [-0.2, 0) is 14.3 Å². The molecule has 0 amide bonds. The van der Waals surface area contributed by atoms with Crippen molar-refractivity contribution in [2.24, 2.45) is 0 Å². The van der Waals surface area contributed by atoms with E-state index in [-0.39, 0.29) is 18.0 Å². The van der Waals surface area contributed by atoms with Crippen LogP contribution in [0, 0.1) is 11.3 Å². The summed E-state index contributed by atoms with van der Waals surface area (Å²) in [5, 5.41) is 8.66. The molecule has 0 aromatic heterocycles. The van der Waals surface area contributed by atoms with Gasteiger partial charge in [-0.1, -0.05) is 12.1 Å². The summed E-state index contributed by atoms with van der Waals surface area (Å²) in [5.41, 5.74) is 1.20. The van der Waals surface area contributed by atoms with Gasteiger partial charge in [0.25, 0.3) is 0 Å². The number of ketones is 1. The average molecular weight is 243 g/mol. The van der Waals surface area contributed by atoms with Gasteiger partial charge < -0.3 is 4.74 Å². The largest absolute Gasteiger partial charge is 0.462 e. The number of benzene rings is 1. The van der Waals surface area contributed by atoms with Crippen molar-refractivity contribution in [1.29, 1.82) is 5.26 Å². The first kappa shape index (κ1) is 13.7. The predicted molar refractivity (Wildman–Crippen MR) is 66.4 cm³/mol. The minimum Gasteiger partial charge on any atom is -0.462 e. The van der Waals surface area contributed by atoms with E-state index in [9.17, 15) is 9.59 Å². The van der Waals surface area contributed by atoms with Crippen molar-refractivity contribution in [2.75, 3.05) is 6.61 Å². The monoisotopic (exact) mass is 243 g/mol. The lowest BCUT2D eigenvalue weighted by molar-refractivity contribution is -0.139. The highest BCUT2D eigenvalue weighted by atomic mass is 16.5. The van der Waals surface area contributed by atoms with Crippen LogP contribution in [0.3, 0.4) is 0 Å². The number of Topliss-reactive ketones (excluding diaryl/α,β-unsaturated/α-hetero) is 1. The molecule has 0 aliphatic rings. The zero-order chi connectivity index (χ0) is 13.5. The number of esters is 1. The first-order valence-corrected chi connectivity index (χ1v) is 5.48. The van der Waals surface area contributed by atoms with Gasteiger partial charge in [-0.2, -0.15) is 5.26 Å². The van der Waals surface area contributed by atoms with E-state index >= 15 is 0 Å². The number of nitriles is 1. The molecule has 92 valence electrons. The SMILES string of the molecule is CCOC(=O)/C(=C/c1ccc(C#N)cc1)C(C)=O. The number of carbonyl (C=O) groups excluding carboxylic acids is 2.